The minimum absolute atomic E-state index is 0.324. The Morgan fingerprint density at radius 2 is 1.76 bits per heavy atom. The molecule has 2 aliphatic heterocycles. The van der Waals surface area contributed by atoms with E-state index in [0.29, 0.717) is 17.9 Å². The van der Waals surface area contributed by atoms with Crippen LogP contribution in [0.4, 0.5) is 5.69 Å². The molecule has 1 aromatic heterocycles. The molecular formula is C20H32N4O. The first-order valence-corrected chi connectivity index (χ1v) is 9.64. The molecule has 1 atom stereocenters. The molecule has 2 fully saturated rings. The smallest absolute Gasteiger partial charge is 0.222 e. The van der Waals surface area contributed by atoms with Crippen LogP contribution >= 0.6 is 0 Å². The van der Waals surface area contributed by atoms with Gasteiger partial charge < -0.3 is 9.80 Å². The van der Waals surface area contributed by atoms with Crippen LogP contribution in [0.15, 0.2) is 12.1 Å². The average Bonchev–Trinajstić information content (AvgIpc) is 2.56. The SMILES string of the molecule is Cc1cc(N2CCN(CC3CCC(=O)N(C(C)C)C3)CC2)cc(C)n1. The van der Waals surface area contributed by atoms with Gasteiger partial charge in [0.1, 0.15) is 0 Å². The molecule has 1 amide bonds. The van der Waals surface area contributed by atoms with E-state index in [2.05, 4.69) is 59.5 Å². The van der Waals surface area contributed by atoms with Crippen LogP contribution in [-0.4, -0.2) is 66.0 Å². The van der Waals surface area contributed by atoms with E-state index in [1.807, 2.05) is 0 Å². The standard InChI is InChI=1S/C20H32N4O/c1-15(2)24-14-18(5-6-20(24)25)13-22-7-9-23(10-8-22)19-11-16(3)21-17(4)12-19/h11-12,15,18H,5-10,13-14H2,1-4H3. The zero-order valence-corrected chi connectivity index (χ0v) is 16.2. The average molecular weight is 345 g/mol. The van der Waals surface area contributed by atoms with E-state index in [1.54, 1.807) is 0 Å². The summed E-state index contributed by atoms with van der Waals surface area (Å²) in [6, 6.07) is 4.71. The summed E-state index contributed by atoms with van der Waals surface area (Å²) < 4.78 is 0. The molecule has 1 unspecified atom stereocenters. The first-order chi connectivity index (χ1) is 11.9. The van der Waals surface area contributed by atoms with Gasteiger partial charge in [0.05, 0.1) is 0 Å². The van der Waals surface area contributed by atoms with Crippen LogP contribution in [-0.2, 0) is 4.79 Å². The van der Waals surface area contributed by atoms with Crippen molar-refractivity contribution in [2.24, 2.45) is 5.92 Å². The molecule has 5 nitrogen and oxygen atoms in total. The summed E-state index contributed by atoms with van der Waals surface area (Å²) in [4.78, 5) is 23.6. The minimum Gasteiger partial charge on any atom is -0.369 e. The largest absolute Gasteiger partial charge is 0.369 e. The maximum atomic E-state index is 12.0. The Balaban J connectivity index is 1.52. The number of piperidine rings is 1. The Bertz CT molecular complexity index is 587. The number of piperazine rings is 1. The fourth-order valence-corrected chi connectivity index (χ4v) is 4.14. The molecule has 5 heteroatoms. The molecule has 3 heterocycles. The van der Waals surface area contributed by atoms with Gasteiger partial charge in [-0.3, -0.25) is 14.7 Å². The number of pyridine rings is 1. The maximum absolute atomic E-state index is 12.0. The lowest BCUT2D eigenvalue weighted by Gasteiger charge is -2.41. The van der Waals surface area contributed by atoms with Gasteiger partial charge in [-0.2, -0.15) is 0 Å². The highest BCUT2D eigenvalue weighted by molar-refractivity contribution is 5.77. The van der Waals surface area contributed by atoms with Gasteiger partial charge >= 0.3 is 0 Å². The Kier molecular flexibility index (Phi) is 5.62. The Hall–Kier alpha value is -1.62. The summed E-state index contributed by atoms with van der Waals surface area (Å²) in [5.41, 5.74) is 3.50. The van der Waals surface area contributed by atoms with Crippen molar-refractivity contribution >= 4 is 11.6 Å². The topological polar surface area (TPSA) is 39.7 Å². The lowest BCUT2D eigenvalue weighted by Crippen LogP contribution is -2.51. The first kappa shape index (κ1) is 18.2. The third-order valence-corrected chi connectivity index (χ3v) is 5.49. The Labute approximate surface area is 152 Å². The van der Waals surface area contributed by atoms with Crippen LogP contribution < -0.4 is 4.90 Å². The summed E-state index contributed by atoms with van der Waals surface area (Å²) >= 11 is 0. The van der Waals surface area contributed by atoms with Crippen molar-refractivity contribution < 1.29 is 4.79 Å². The quantitative estimate of drug-likeness (QED) is 0.841. The first-order valence-electron chi connectivity index (χ1n) is 9.64. The highest BCUT2D eigenvalue weighted by atomic mass is 16.2. The number of nitrogens with zero attached hydrogens (tertiary/aromatic N) is 4. The second-order valence-electron chi connectivity index (χ2n) is 7.94. The number of hydrogen-bond acceptors (Lipinski definition) is 4. The van der Waals surface area contributed by atoms with E-state index in [4.69, 9.17) is 0 Å². The minimum atomic E-state index is 0.324. The lowest BCUT2D eigenvalue weighted by atomic mass is 9.95. The number of likely N-dealkylation sites (tertiary alicyclic amines) is 1. The van der Waals surface area contributed by atoms with E-state index in [0.717, 1.165) is 63.5 Å². The van der Waals surface area contributed by atoms with Crippen molar-refractivity contribution in [1.29, 1.82) is 0 Å². The van der Waals surface area contributed by atoms with Crippen molar-refractivity contribution in [3.63, 3.8) is 0 Å². The van der Waals surface area contributed by atoms with Gasteiger partial charge in [0.2, 0.25) is 5.91 Å². The van der Waals surface area contributed by atoms with Gasteiger partial charge in [-0.15, -0.1) is 0 Å². The van der Waals surface area contributed by atoms with E-state index >= 15 is 0 Å². The van der Waals surface area contributed by atoms with Crippen LogP contribution in [0.1, 0.15) is 38.1 Å². The number of carbonyl (C=O) groups excluding carboxylic acids is 1. The predicted octanol–water partition coefficient (Wildman–Crippen LogP) is 2.47. The predicted molar refractivity (Wildman–Crippen MR) is 102 cm³/mol. The number of aryl methyl sites for hydroxylation is 2. The van der Waals surface area contributed by atoms with Gasteiger partial charge in [0.15, 0.2) is 0 Å². The highest BCUT2D eigenvalue weighted by Crippen LogP contribution is 2.23. The van der Waals surface area contributed by atoms with Gasteiger partial charge in [0, 0.05) is 68.8 Å². The molecule has 0 aromatic carbocycles. The zero-order valence-electron chi connectivity index (χ0n) is 16.2. The number of carbonyl (C=O) groups is 1. The van der Waals surface area contributed by atoms with Gasteiger partial charge in [-0.1, -0.05) is 0 Å². The van der Waals surface area contributed by atoms with E-state index < -0.39 is 0 Å². The van der Waals surface area contributed by atoms with Crippen molar-refractivity contribution in [2.75, 3.05) is 44.2 Å². The molecule has 3 rings (SSSR count). The monoisotopic (exact) mass is 344 g/mol. The molecule has 0 saturated carbocycles. The molecular weight excluding hydrogens is 312 g/mol. The van der Waals surface area contributed by atoms with Crippen molar-refractivity contribution in [2.45, 2.75) is 46.6 Å². The molecule has 25 heavy (non-hydrogen) atoms. The molecule has 0 bridgehead atoms. The summed E-state index contributed by atoms with van der Waals surface area (Å²) in [5, 5.41) is 0. The maximum Gasteiger partial charge on any atom is 0.222 e. The molecule has 138 valence electrons. The van der Waals surface area contributed by atoms with Crippen LogP contribution in [0.2, 0.25) is 0 Å². The van der Waals surface area contributed by atoms with E-state index in [1.165, 1.54) is 5.69 Å². The Morgan fingerprint density at radius 1 is 1.12 bits per heavy atom. The third-order valence-electron chi connectivity index (χ3n) is 5.49. The van der Waals surface area contributed by atoms with Gasteiger partial charge in [0.25, 0.3) is 0 Å². The number of aromatic nitrogens is 1. The number of hydrogen-bond donors (Lipinski definition) is 0. The fourth-order valence-electron chi connectivity index (χ4n) is 4.14. The van der Waals surface area contributed by atoms with Gasteiger partial charge in [-0.25, -0.2) is 0 Å². The third kappa shape index (κ3) is 4.51. The normalized spacial score (nSPS) is 22.8. The molecule has 0 spiro atoms. The molecule has 0 N–H and O–H groups in total. The van der Waals surface area contributed by atoms with Crippen LogP contribution in [0.25, 0.3) is 0 Å². The van der Waals surface area contributed by atoms with Crippen molar-refractivity contribution in [1.82, 2.24) is 14.8 Å². The zero-order chi connectivity index (χ0) is 18.0. The molecule has 0 aliphatic carbocycles. The van der Waals surface area contributed by atoms with Crippen LogP contribution in [0, 0.1) is 19.8 Å². The van der Waals surface area contributed by atoms with E-state index in [9.17, 15) is 4.79 Å². The summed E-state index contributed by atoms with van der Waals surface area (Å²) in [6.07, 6.45) is 1.77. The second-order valence-corrected chi connectivity index (χ2v) is 7.94. The van der Waals surface area contributed by atoms with Crippen molar-refractivity contribution in [3.05, 3.63) is 23.5 Å². The molecule has 1 aromatic rings. The molecule has 2 saturated heterocycles. The second kappa shape index (κ2) is 7.73. The Morgan fingerprint density at radius 3 is 2.36 bits per heavy atom. The number of anilines is 1. The molecule has 2 aliphatic rings. The summed E-state index contributed by atoms with van der Waals surface area (Å²) in [7, 11) is 0. The number of amides is 1. The summed E-state index contributed by atoms with van der Waals surface area (Å²) in [5.74, 6) is 0.955. The van der Waals surface area contributed by atoms with Crippen molar-refractivity contribution in [3.8, 4) is 0 Å². The van der Waals surface area contributed by atoms with Crippen LogP contribution in [0.5, 0.6) is 0 Å². The number of rotatable bonds is 4. The fraction of sp³-hybridized carbons (Fsp3) is 0.700. The lowest BCUT2D eigenvalue weighted by molar-refractivity contribution is -0.136. The summed E-state index contributed by atoms with van der Waals surface area (Å²) in [6.45, 7) is 14.8. The van der Waals surface area contributed by atoms with Gasteiger partial charge in [-0.05, 0) is 52.2 Å². The molecule has 0 radical (unpaired) electrons. The highest BCUT2D eigenvalue weighted by Gasteiger charge is 2.29. The van der Waals surface area contributed by atoms with E-state index in [-0.39, 0.29) is 0 Å². The van der Waals surface area contributed by atoms with Crippen LogP contribution in [0.3, 0.4) is 0 Å².